The molecule has 0 spiro atoms. The minimum atomic E-state index is -0.511. The zero-order chi connectivity index (χ0) is 7.56. The molecule has 0 bridgehead atoms. The molecule has 10 heavy (non-hydrogen) atoms. The zero-order valence-corrected chi connectivity index (χ0v) is 5.11. The van der Waals surface area contributed by atoms with Gasteiger partial charge in [-0.05, 0) is 6.08 Å². The molecule has 1 aliphatic rings. The fourth-order valence-corrected chi connectivity index (χ4v) is 0.655. The van der Waals surface area contributed by atoms with E-state index in [-0.39, 0.29) is 17.9 Å². The quantitative estimate of drug-likeness (QED) is 0.396. The van der Waals surface area contributed by atoms with Crippen LogP contribution >= 0.6 is 0 Å². The fourth-order valence-electron chi connectivity index (χ4n) is 0.655. The van der Waals surface area contributed by atoms with Crippen LogP contribution in [0.25, 0.3) is 0 Å². The molecule has 0 aromatic heterocycles. The Kier molecular flexibility index (Phi) is 1.62. The minimum Gasteiger partial charge on any atom is -0.295 e. The predicted molar refractivity (Wildman–Crippen MR) is 33.8 cm³/mol. The number of ketones is 1. The van der Waals surface area contributed by atoms with Crippen molar-refractivity contribution in [2.45, 2.75) is 6.42 Å². The van der Waals surface area contributed by atoms with E-state index in [1.807, 2.05) is 0 Å². The maximum atomic E-state index is 10.5. The summed E-state index contributed by atoms with van der Waals surface area (Å²) in [6.45, 7) is 0. The van der Waals surface area contributed by atoms with Gasteiger partial charge in [-0.3, -0.25) is 14.9 Å². The summed E-state index contributed by atoms with van der Waals surface area (Å²) in [6, 6.07) is 0. The Morgan fingerprint density at radius 1 is 1.50 bits per heavy atom. The first-order valence-electron chi connectivity index (χ1n) is 2.75. The molecule has 1 rings (SSSR count). The van der Waals surface area contributed by atoms with Crippen molar-refractivity contribution in [3.63, 3.8) is 0 Å². The second-order valence-corrected chi connectivity index (χ2v) is 1.89. The molecule has 4 heteroatoms. The Hall–Kier alpha value is -1.45. The van der Waals surface area contributed by atoms with Crippen molar-refractivity contribution in [2.75, 3.05) is 0 Å². The van der Waals surface area contributed by atoms with Gasteiger partial charge in [-0.25, -0.2) is 0 Å². The van der Waals surface area contributed by atoms with Crippen LogP contribution in [0.15, 0.2) is 23.9 Å². The summed E-state index contributed by atoms with van der Waals surface area (Å²) in [5.41, 5.74) is -0.000370. The number of nitro groups is 1. The van der Waals surface area contributed by atoms with Crippen LogP contribution in [0.4, 0.5) is 0 Å². The molecule has 52 valence electrons. The van der Waals surface area contributed by atoms with E-state index in [0.29, 0.717) is 0 Å². The smallest absolute Gasteiger partial charge is 0.266 e. The van der Waals surface area contributed by atoms with Gasteiger partial charge in [0.25, 0.3) is 5.70 Å². The Labute approximate surface area is 57.0 Å². The lowest BCUT2D eigenvalue weighted by molar-refractivity contribution is -0.419. The van der Waals surface area contributed by atoms with E-state index in [0.717, 1.165) is 0 Å². The molecule has 0 radical (unpaired) electrons. The van der Waals surface area contributed by atoms with Crippen molar-refractivity contribution in [3.05, 3.63) is 34.0 Å². The van der Waals surface area contributed by atoms with Crippen molar-refractivity contribution in [1.82, 2.24) is 0 Å². The number of carbonyl (C=O) groups is 1. The maximum Gasteiger partial charge on any atom is 0.266 e. The first-order valence-corrected chi connectivity index (χ1v) is 2.75. The fraction of sp³-hybridized carbons (Fsp3) is 0.167. The molecule has 0 aliphatic heterocycles. The van der Waals surface area contributed by atoms with Crippen molar-refractivity contribution in [3.8, 4) is 0 Å². The lowest BCUT2D eigenvalue weighted by Crippen LogP contribution is -2.02. The molecular weight excluding hydrogens is 134 g/mol. The molecule has 0 amide bonds. The van der Waals surface area contributed by atoms with Crippen LogP contribution in [0.5, 0.6) is 0 Å². The average Bonchev–Trinajstić information content (AvgIpc) is 1.88. The Bertz CT molecular complexity index is 239. The number of carbonyl (C=O) groups excluding carboxylic acids is 1. The van der Waals surface area contributed by atoms with Gasteiger partial charge < -0.3 is 0 Å². The first kappa shape index (κ1) is 6.67. The van der Waals surface area contributed by atoms with Gasteiger partial charge in [-0.15, -0.1) is 0 Å². The molecule has 0 aromatic carbocycles. The van der Waals surface area contributed by atoms with Crippen LogP contribution in [-0.2, 0) is 4.79 Å². The van der Waals surface area contributed by atoms with E-state index in [1.54, 1.807) is 0 Å². The monoisotopic (exact) mass is 139 g/mol. The Morgan fingerprint density at radius 2 is 2.20 bits per heavy atom. The SMILES string of the molecule is O=C1C=CC([N+](=O)[O-])=CC1. The van der Waals surface area contributed by atoms with Crippen molar-refractivity contribution in [2.24, 2.45) is 0 Å². The summed E-state index contributed by atoms with van der Waals surface area (Å²) in [4.78, 5) is 20.0. The van der Waals surface area contributed by atoms with Crippen molar-refractivity contribution < 1.29 is 9.72 Å². The number of hydrogen-bond acceptors (Lipinski definition) is 3. The summed E-state index contributed by atoms with van der Waals surface area (Å²) >= 11 is 0. The van der Waals surface area contributed by atoms with Gasteiger partial charge in [0.15, 0.2) is 5.78 Å². The van der Waals surface area contributed by atoms with Gasteiger partial charge in [0.05, 0.1) is 4.92 Å². The summed E-state index contributed by atoms with van der Waals surface area (Å²) in [5, 5.41) is 10.0. The van der Waals surface area contributed by atoms with Gasteiger partial charge in [0.2, 0.25) is 0 Å². The topological polar surface area (TPSA) is 60.2 Å². The molecule has 0 atom stereocenters. The molecule has 0 saturated carbocycles. The second-order valence-electron chi connectivity index (χ2n) is 1.89. The molecule has 0 aromatic rings. The third-order valence-corrected chi connectivity index (χ3v) is 1.16. The van der Waals surface area contributed by atoms with E-state index in [4.69, 9.17) is 0 Å². The molecule has 1 aliphatic carbocycles. The van der Waals surface area contributed by atoms with Crippen LogP contribution in [0, 0.1) is 10.1 Å². The molecule has 0 unspecified atom stereocenters. The lowest BCUT2D eigenvalue weighted by Gasteiger charge is -1.95. The molecule has 0 N–H and O–H groups in total. The number of nitrogens with zero attached hydrogens (tertiary/aromatic N) is 1. The van der Waals surface area contributed by atoms with E-state index >= 15 is 0 Å². The normalized spacial score (nSPS) is 16.8. The van der Waals surface area contributed by atoms with Crippen LogP contribution in [0.3, 0.4) is 0 Å². The number of hydrogen-bond donors (Lipinski definition) is 0. The van der Waals surface area contributed by atoms with Crippen LogP contribution in [0.1, 0.15) is 6.42 Å². The lowest BCUT2D eigenvalue weighted by atomic mass is 10.1. The van der Waals surface area contributed by atoms with Crippen molar-refractivity contribution in [1.29, 1.82) is 0 Å². The number of rotatable bonds is 1. The summed E-state index contributed by atoms with van der Waals surface area (Å²) in [7, 11) is 0. The van der Waals surface area contributed by atoms with Gasteiger partial charge in [-0.1, -0.05) is 0 Å². The van der Waals surface area contributed by atoms with Crippen LogP contribution < -0.4 is 0 Å². The summed E-state index contributed by atoms with van der Waals surface area (Å²) < 4.78 is 0. The highest BCUT2D eigenvalue weighted by Gasteiger charge is 2.11. The van der Waals surface area contributed by atoms with Gasteiger partial charge in [0, 0.05) is 18.6 Å². The zero-order valence-electron chi connectivity index (χ0n) is 5.11. The molecule has 0 saturated heterocycles. The standard InChI is InChI=1S/C6H5NO3/c8-6-3-1-5(2-4-6)7(9)10/h1-3H,4H2. The summed E-state index contributed by atoms with van der Waals surface area (Å²) in [6.07, 6.45) is 3.89. The van der Waals surface area contributed by atoms with E-state index in [9.17, 15) is 14.9 Å². The highest BCUT2D eigenvalue weighted by atomic mass is 16.6. The highest BCUT2D eigenvalue weighted by Crippen LogP contribution is 2.06. The summed E-state index contributed by atoms with van der Waals surface area (Å²) in [5.74, 6) is -0.0920. The highest BCUT2D eigenvalue weighted by molar-refractivity contribution is 5.92. The Morgan fingerprint density at radius 3 is 2.60 bits per heavy atom. The third kappa shape index (κ3) is 1.28. The Balaban J connectivity index is 2.77. The molecule has 0 heterocycles. The molecular formula is C6H5NO3. The van der Waals surface area contributed by atoms with E-state index in [1.165, 1.54) is 18.2 Å². The van der Waals surface area contributed by atoms with Gasteiger partial charge >= 0.3 is 0 Å². The molecule has 0 fully saturated rings. The number of allylic oxidation sites excluding steroid dienone is 3. The second kappa shape index (κ2) is 2.43. The average molecular weight is 139 g/mol. The minimum absolute atomic E-state index is 0.000370. The predicted octanol–water partition coefficient (Wildman–Crippen LogP) is 0.676. The van der Waals surface area contributed by atoms with Crippen molar-refractivity contribution >= 4 is 5.78 Å². The van der Waals surface area contributed by atoms with Gasteiger partial charge in [0.1, 0.15) is 0 Å². The van der Waals surface area contributed by atoms with Crippen LogP contribution in [0.2, 0.25) is 0 Å². The van der Waals surface area contributed by atoms with E-state index < -0.39 is 4.92 Å². The maximum absolute atomic E-state index is 10.5. The van der Waals surface area contributed by atoms with Gasteiger partial charge in [-0.2, -0.15) is 0 Å². The molecule has 4 nitrogen and oxygen atoms in total. The van der Waals surface area contributed by atoms with E-state index in [2.05, 4.69) is 0 Å². The first-order chi connectivity index (χ1) is 4.70. The van der Waals surface area contributed by atoms with Crippen LogP contribution in [-0.4, -0.2) is 10.7 Å². The largest absolute Gasteiger partial charge is 0.295 e. The third-order valence-electron chi connectivity index (χ3n) is 1.16.